The third kappa shape index (κ3) is 3.06. The van der Waals surface area contributed by atoms with E-state index in [1.54, 1.807) is 12.0 Å². The first-order valence-electron chi connectivity index (χ1n) is 9.41. The standard InChI is InChI=1S/C20H25N3O4/c1-27-10-9-22-8-6-14-4-5-16(11-17(14)22)21-19(26)23-12-15-3-2-7-20(15,13-23)18(24)25/h4-6,8,11,15H,2-3,7,9-10,12-13H2,1H3,(H,21,26)(H,24,25)/t15-,20+/m0/s1. The Hall–Kier alpha value is -2.54. The van der Waals surface area contributed by atoms with Crippen LogP contribution in [0.15, 0.2) is 30.5 Å². The van der Waals surface area contributed by atoms with Gasteiger partial charge in [-0.3, -0.25) is 4.79 Å². The number of anilines is 1. The number of fused-ring (bicyclic) bond motifs is 2. The summed E-state index contributed by atoms with van der Waals surface area (Å²) in [4.78, 5) is 26.2. The minimum Gasteiger partial charge on any atom is -0.481 e. The topological polar surface area (TPSA) is 83.8 Å². The van der Waals surface area contributed by atoms with Crippen LogP contribution in [0.25, 0.3) is 10.9 Å². The average molecular weight is 371 g/mol. The Kier molecular flexibility index (Phi) is 4.55. The Morgan fingerprint density at radius 1 is 1.37 bits per heavy atom. The van der Waals surface area contributed by atoms with Gasteiger partial charge in [-0.2, -0.15) is 0 Å². The molecule has 144 valence electrons. The molecule has 7 heteroatoms. The molecule has 2 aromatic rings. The van der Waals surface area contributed by atoms with Crippen LogP contribution >= 0.6 is 0 Å². The third-order valence-corrected chi connectivity index (χ3v) is 6.15. The van der Waals surface area contributed by atoms with Gasteiger partial charge in [0.25, 0.3) is 0 Å². The molecule has 2 heterocycles. The smallest absolute Gasteiger partial charge is 0.321 e. The molecule has 7 nitrogen and oxygen atoms in total. The predicted molar refractivity (Wildman–Crippen MR) is 102 cm³/mol. The lowest BCUT2D eigenvalue weighted by molar-refractivity contribution is -0.149. The Morgan fingerprint density at radius 2 is 2.22 bits per heavy atom. The van der Waals surface area contributed by atoms with Crippen molar-refractivity contribution in [1.29, 1.82) is 0 Å². The quantitative estimate of drug-likeness (QED) is 0.846. The van der Waals surface area contributed by atoms with Crippen LogP contribution in [0.5, 0.6) is 0 Å². The number of benzene rings is 1. The molecular formula is C20H25N3O4. The first kappa shape index (κ1) is 17.9. The molecule has 1 saturated heterocycles. The van der Waals surface area contributed by atoms with E-state index in [-0.39, 0.29) is 11.9 Å². The number of ether oxygens (including phenoxy) is 1. The Bertz CT molecular complexity index is 877. The maximum atomic E-state index is 12.7. The monoisotopic (exact) mass is 371 g/mol. The van der Waals surface area contributed by atoms with Crippen molar-refractivity contribution in [1.82, 2.24) is 9.47 Å². The number of carbonyl (C=O) groups excluding carboxylic acids is 1. The molecule has 0 radical (unpaired) electrons. The van der Waals surface area contributed by atoms with Gasteiger partial charge < -0.3 is 24.6 Å². The van der Waals surface area contributed by atoms with Crippen molar-refractivity contribution in [3.8, 4) is 0 Å². The van der Waals surface area contributed by atoms with E-state index in [0.717, 1.165) is 30.3 Å². The van der Waals surface area contributed by atoms with E-state index in [2.05, 4.69) is 9.88 Å². The largest absolute Gasteiger partial charge is 0.481 e. The van der Waals surface area contributed by atoms with E-state index >= 15 is 0 Å². The number of hydrogen-bond donors (Lipinski definition) is 2. The van der Waals surface area contributed by atoms with Crippen LogP contribution in [0, 0.1) is 11.3 Å². The minimum atomic E-state index is -0.766. The second-order valence-corrected chi connectivity index (χ2v) is 7.64. The molecule has 1 saturated carbocycles. The third-order valence-electron chi connectivity index (χ3n) is 6.15. The molecule has 0 unspecified atom stereocenters. The number of nitrogens with zero attached hydrogens (tertiary/aromatic N) is 2. The number of hydrogen-bond acceptors (Lipinski definition) is 3. The fraction of sp³-hybridized carbons (Fsp3) is 0.500. The number of carboxylic acid groups (broad SMARTS) is 1. The second kappa shape index (κ2) is 6.88. The number of likely N-dealkylation sites (tertiary alicyclic amines) is 1. The molecule has 2 amide bonds. The van der Waals surface area contributed by atoms with Crippen molar-refractivity contribution in [2.75, 3.05) is 32.1 Å². The van der Waals surface area contributed by atoms with Gasteiger partial charge in [-0.05, 0) is 42.3 Å². The molecule has 0 spiro atoms. The summed E-state index contributed by atoms with van der Waals surface area (Å²) in [5, 5.41) is 13.7. The highest BCUT2D eigenvalue weighted by atomic mass is 16.5. The summed E-state index contributed by atoms with van der Waals surface area (Å²) in [6, 6.07) is 7.62. The SMILES string of the molecule is COCCn1ccc2ccc(NC(=O)N3C[C@@H]4CCC[C@@]4(C(=O)O)C3)cc21. The van der Waals surface area contributed by atoms with E-state index in [0.29, 0.717) is 31.8 Å². The lowest BCUT2D eigenvalue weighted by Gasteiger charge is -2.23. The van der Waals surface area contributed by atoms with Gasteiger partial charge in [0, 0.05) is 38.6 Å². The van der Waals surface area contributed by atoms with E-state index < -0.39 is 11.4 Å². The highest BCUT2D eigenvalue weighted by Gasteiger charge is 2.55. The number of aromatic nitrogens is 1. The molecule has 1 aliphatic carbocycles. The van der Waals surface area contributed by atoms with Gasteiger partial charge >= 0.3 is 12.0 Å². The average Bonchev–Trinajstić information content (AvgIpc) is 3.32. The highest BCUT2D eigenvalue weighted by Crippen LogP contribution is 2.48. The van der Waals surface area contributed by atoms with E-state index in [1.807, 2.05) is 30.5 Å². The van der Waals surface area contributed by atoms with Crippen LogP contribution in [-0.2, 0) is 16.1 Å². The zero-order valence-electron chi connectivity index (χ0n) is 15.5. The summed E-state index contributed by atoms with van der Waals surface area (Å²) >= 11 is 0. The molecular weight excluding hydrogens is 346 g/mol. The number of carbonyl (C=O) groups is 2. The normalized spacial score (nSPS) is 24.3. The van der Waals surface area contributed by atoms with E-state index in [1.165, 1.54) is 0 Å². The zero-order chi connectivity index (χ0) is 19.0. The highest BCUT2D eigenvalue weighted by molar-refractivity contribution is 5.93. The summed E-state index contributed by atoms with van der Waals surface area (Å²) < 4.78 is 7.24. The maximum absolute atomic E-state index is 12.7. The van der Waals surface area contributed by atoms with Crippen LogP contribution in [0.1, 0.15) is 19.3 Å². The van der Waals surface area contributed by atoms with Crippen LogP contribution in [0.4, 0.5) is 10.5 Å². The molecule has 27 heavy (non-hydrogen) atoms. The molecule has 4 rings (SSSR count). The van der Waals surface area contributed by atoms with Gasteiger partial charge in [-0.25, -0.2) is 4.79 Å². The number of carboxylic acids is 1. The summed E-state index contributed by atoms with van der Waals surface area (Å²) in [6.07, 6.45) is 4.49. The molecule has 2 atom stereocenters. The van der Waals surface area contributed by atoms with Crippen molar-refractivity contribution < 1.29 is 19.4 Å². The number of aliphatic carboxylic acids is 1. The van der Waals surface area contributed by atoms with Gasteiger partial charge in [0.1, 0.15) is 0 Å². The van der Waals surface area contributed by atoms with Gasteiger partial charge in [0.15, 0.2) is 0 Å². The minimum absolute atomic E-state index is 0.0644. The molecule has 2 aliphatic rings. The molecule has 2 N–H and O–H groups in total. The Balaban J connectivity index is 1.49. The molecule has 2 fully saturated rings. The predicted octanol–water partition coefficient (Wildman–Crippen LogP) is 3.01. The summed E-state index contributed by atoms with van der Waals surface area (Å²) in [7, 11) is 1.67. The molecule has 1 aromatic carbocycles. The zero-order valence-corrected chi connectivity index (χ0v) is 15.5. The number of amides is 2. The van der Waals surface area contributed by atoms with Gasteiger partial charge in [0.2, 0.25) is 0 Å². The van der Waals surface area contributed by atoms with Crippen LogP contribution in [-0.4, -0.2) is 53.4 Å². The number of rotatable bonds is 5. The Labute approximate surface area is 157 Å². The van der Waals surface area contributed by atoms with Crippen molar-refractivity contribution in [3.05, 3.63) is 30.5 Å². The van der Waals surface area contributed by atoms with E-state index in [4.69, 9.17) is 4.74 Å². The number of urea groups is 1. The van der Waals surface area contributed by atoms with Crippen LogP contribution < -0.4 is 5.32 Å². The summed E-state index contributed by atoms with van der Waals surface area (Å²) in [5.41, 5.74) is 0.993. The van der Waals surface area contributed by atoms with Crippen LogP contribution in [0.2, 0.25) is 0 Å². The second-order valence-electron chi connectivity index (χ2n) is 7.64. The lowest BCUT2D eigenvalue weighted by Crippen LogP contribution is -2.38. The first-order chi connectivity index (χ1) is 13.0. The van der Waals surface area contributed by atoms with Gasteiger partial charge in [-0.15, -0.1) is 0 Å². The number of nitrogens with one attached hydrogen (secondary N) is 1. The van der Waals surface area contributed by atoms with Crippen LogP contribution in [0.3, 0.4) is 0 Å². The number of methoxy groups -OCH3 is 1. The molecule has 1 aliphatic heterocycles. The van der Waals surface area contributed by atoms with Crippen molar-refractivity contribution in [2.45, 2.75) is 25.8 Å². The van der Waals surface area contributed by atoms with Crippen molar-refractivity contribution in [2.24, 2.45) is 11.3 Å². The fourth-order valence-corrected chi connectivity index (χ4v) is 4.64. The van der Waals surface area contributed by atoms with Gasteiger partial charge in [-0.1, -0.05) is 12.5 Å². The summed E-state index contributed by atoms with van der Waals surface area (Å²) in [5.74, 6) is -0.702. The maximum Gasteiger partial charge on any atom is 0.321 e. The fourth-order valence-electron chi connectivity index (χ4n) is 4.64. The van der Waals surface area contributed by atoms with E-state index in [9.17, 15) is 14.7 Å². The Morgan fingerprint density at radius 3 is 2.96 bits per heavy atom. The lowest BCUT2D eigenvalue weighted by atomic mass is 9.81. The molecule has 0 bridgehead atoms. The first-order valence-corrected chi connectivity index (χ1v) is 9.41. The van der Waals surface area contributed by atoms with Crippen molar-refractivity contribution >= 4 is 28.6 Å². The molecule has 1 aromatic heterocycles. The summed E-state index contributed by atoms with van der Waals surface area (Å²) in [6.45, 7) is 2.18. The van der Waals surface area contributed by atoms with Crippen molar-refractivity contribution in [3.63, 3.8) is 0 Å². The van der Waals surface area contributed by atoms with Gasteiger partial charge in [0.05, 0.1) is 17.5 Å².